The monoisotopic (exact) mass is 399 g/mol. The van der Waals surface area contributed by atoms with E-state index in [0.29, 0.717) is 0 Å². The lowest BCUT2D eigenvalue weighted by atomic mass is 9.93. The molecule has 3 N–H and O–H groups in total. The summed E-state index contributed by atoms with van der Waals surface area (Å²) in [4.78, 5) is 45.0. The van der Waals surface area contributed by atoms with E-state index in [2.05, 4.69) is 0 Å². The summed E-state index contributed by atoms with van der Waals surface area (Å²) in [6, 6.07) is 0. The van der Waals surface area contributed by atoms with E-state index < -0.39 is 60.8 Å². The van der Waals surface area contributed by atoms with Crippen LogP contribution in [-0.4, -0.2) is 65.9 Å². The average molecular weight is 400 g/mol. The second kappa shape index (κ2) is 9.67. The first-order chi connectivity index (χ1) is 11.4. The Kier molecular flexibility index (Phi) is 8.94. The lowest BCUT2D eigenvalue weighted by Crippen LogP contribution is -2.73. The van der Waals surface area contributed by atoms with E-state index in [4.69, 9.17) is 29.4 Å². The van der Waals surface area contributed by atoms with Crippen LogP contribution >= 0.6 is 12.4 Å². The molecule has 0 amide bonds. The van der Waals surface area contributed by atoms with Gasteiger partial charge in [-0.3, -0.25) is 24.9 Å². The van der Waals surface area contributed by atoms with Crippen LogP contribution in [0.25, 0.3) is 0 Å². The van der Waals surface area contributed by atoms with Gasteiger partial charge in [0, 0.05) is 27.7 Å². The molecular weight excluding hydrogens is 378 g/mol. The highest BCUT2D eigenvalue weighted by atomic mass is 35.5. The van der Waals surface area contributed by atoms with Crippen LogP contribution in [0.4, 0.5) is 0 Å². The molecule has 1 rings (SSSR count). The standard InChI is InChI=1S/C14H21NO10.ClH/c1-6(16)21-5-10-11(22-7(2)17)12(23-8(3)18)14(15,20)13(25-10)24-9(4)19;/h10-13,20H,5,15H2,1-4H3;1H/t10-,11-,12+,13?,14-;/m1./s1. The maximum Gasteiger partial charge on any atom is 0.305 e. The van der Waals surface area contributed by atoms with Crippen molar-refractivity contribution in [1.82, 2.24) is 0 Å². The number of esters is 4. The smallest absolute Gasteiger partial charge is 0.305 e. The van der Waals surface area contributed by atoms with Crippen LogP contribution in [0.2, 0.25) is 0 Å². The Morgan fingerprint density at radius 1 is 0.962 bits per heavy atom. The minimum Gasteiger partial charge on any atom is -0.463 e. The van der Waals surface area contributed by atoms with Gasteiger partial charge in [-0.25, -0.2) is 0 Å². The molecule has 0 aromatic heterocycles. The minimum absolute atomic E-state index is 0. The number of nitrogens with two attached hydrogens (primary N) is 1. The Labute approximate surface area is 155 Å². The molecule has 0 aromatic carbocycles. The van der Waals surface area contributed by atoms with Crippen molar-refractivity contribution in [1.29, 1.82) is 0 Å². The summed E-state index contributed by atoms with van der Waals surface area (Å²) in [7, 11) is 0. The van der Waals surface area contributed by atoms with Crippen molar-refractivity contribution in [3.63, 3.8) is 0 Å². The van der Waals surface area contributed by atoms with Crippen molar-refractivity contribution >= 4 is 36.3 Å². The normalized spacial score (nSPS) is 30.4. The van der Waals surface area contributed by atoms with Gasteiger partial charge < -0.3 is 28.8 Å². The Hall–Kier alpha value is -1.95. The number of rotatable bonds is 5. The van der Waals surface area contributed by atoms with Crippen LogP contribution < -0.4 is 5.73 Å². The van der Waals surface area contributed by atoms with E-state index in [-0.39, 0.29) is 12.4 Å². The van der Waals surface area contributed by atoms with Crippen LogP contribution in [0.1, 0.15) is 27.7 Å². The number of aliphatic hydroxyl groups is 1. The number of hydrogen-bond acceptors (Lipinski definition) is 11. The lowest BCUT2D eigenvalue weighted by molar-refractivity contribution is -0.333. The maximum atomic E-state index is 11.4. The molecule has 0 aromatic rings. The SMILES string of the molecule is CC(=O)OC[C@H]1OC(OC(C)=O)[C@](N)(O)[C@@H](OC(C)=O)[C@@H]1OC(C)=O.Cl. The predicted molar refractivity (Wildman–Crippen MR) is 84.6 cm³/mol. The topological polar surface area (TPSA) is 161 Å². The molecule has 150 valence electrons. The molecule has 12 heteroatoms. The predicted octanol–water partition coefficient (Wildman–Crippen LogP) is -1.23. The summed E-state index contributed by atoms with van der Waals surface area (Å²) in [6.45, 7) is 3.86. The molecule has 0 bridgehead atoms. The highest BCUT2D eigenvalue weighted by Crippen LogP contribution is 2.32. The molecule has 1 fully saturated rings. The maximum absolute atomic E-state index is 11.4. The van der Waals surface area contributed by atoms with Crippen molar-refractivity contribution in [3.8, 4) is 0 Å². The largest absolute Gasteiger partial charge is 0.463 e. The summed E-state index contributed by atoms with van der Waals surface area (Å²) < 4.78 is 24.9. The minimum atomic E-state index is -2.52. The zero-order valence-corrected chi connectivity index (χ0v) is 15.4. The quantitative estimate of drug-likeness (QED) is 0.323. The first-order valence-corrected chi connectivity index (χ1v) is 7.26. The molecule has 1 heterocycles. The molecule has 1 unspecified atom stereocenters. The molecule has 0 spiro atoms. The van der Waals surface area contributed by atoms with E-state index in [1.54, 1.807) is 0 Å². The number of carbonyl (C=O) groups is 4. The van der Waals surface area contributed by atoms with E-state index in [9.17, 15) is 24.3 Å². The number of ether oxygens (including phenoxy) is 5. The third-order valence-corrected chi connectivity index (χ3v) is 3.12. The third-order valence-electron chi connectivity index (χ3n) is 3.12. The summed E-state index contributed by atoms with van der Waals surface area (Å²) in [6.07, 6.45) is -6.04. The van der Waals surface area contributed by atoms with Gasteiger partial charge in [0.1, 0.15) is 12.7 Å². The van der Waals surface area contributed by atoms with E-state index in [0.717, 1.165) is 27.7 Å². The fraction of sp³-hybridized carbons (Fsp3) is 0.714. The zero-order chi connectivity index (χ0) is 19.4. The molecule has 11 nitrogen and oxygen atoms in total. The average Bonchev–Trinajstić information content (AvgIpc) is 2.43. The van der Waals surface area contributed by atoms with Gasteiger partial charge in [0.25, 0.3) is 0 Å². The zero-order valence-electron chi connectivity index (χ0n) is 14.6. The molecule has 1 aliphatic heterocycles. The molecule has 26 heavy (non-hydrogen) atoms. The fourth-order valence-corrected chi connectivity index (χ4v) is 2.21. The van der Waals surface area contributed by atoms with E-state index >= 15 is 0 Å². The Balaban J connectivity index is 0.00000625. The Bertz CT molecular complexity index is 552. The first-order valence-electron chi connectivity index (χ1n) is 7.26. The first kappa shape index (κ1) is 24.1. The van der Waals surface area contributed by atoms with Crippen molar-refractivity contribution in [2.75, 3.05) is 6.61 Å². The molecule has 0 saturated carbocycles. The van der Waals surface area contributed by atoms with Crippen molar-refractivity contribution in [2.45, 2.75) is 58.0 Å². The Morgan fingerprint density at radius 3 is 1.88 bits per heavy atom. The van der Waals surface area contributed by atoms with Crippen molar-refractivity contribution in [2.24, 2.45) is 5.73 Å². The summed E-state index contributed by atoms with van der Waals surface area (Å²) in [5.41, 5.74) is 3.20. The molecule has 1 saturated heterocycles. The highest BCUT2D eigenvalue weighted by Gasteiger charge is 2.59. The summed E-state index contributed by atoms with van der Waals surface area (Å²) >= 11 is 0. The van der Waals surface area contributed by atoms with Crippen molar-refractivity contribution < 1.29 is 48.0 Å². The second-order valence-corrected chi connectivity index (χ2v) is 5.41. The number of hydrogen-bond donors (Lipinski definition) is 2. The van der Waals surface area contributed by atoms with Gasteiger partial charge in [-0.1, -0.05) is 0 Å². The summed E-state index contributed by atoms with van der Waals surface area (Å²) in [5, 5.41) is 10.5. The number of halogens is 1. The fourth-order valence-electron chi connectivity index (χ4n) is 2.21. The van der Waals surface area contributed by atoms with Crippen LogP contribution in [0.3, 0.4) is 0 Å². The van der Waals surface area contributed by atoms with Gasteiger partial charge in [0.05, 0.1) is 0 Å². The van der Waals surface area contributed by atoms with Gasteiger partial charge in [-0.2, -0.15) is 0 Å². The molecule has 0 aliphatic carbocycles. The van der Waals surface area contributed by atoms with Crippen LogP contribution in [0.15, 0.2) is 0 Å². The van der Waals surface area contributed by atoms with Crippen molar-refractivity contribution in [3.05, 3.63) is 0 Å². The molecule has 0 radical (unpaired) electrons. The van der Waals surface area contributed by atoms with Crippen LogP contribution in [-0.2, 0) is 42.9 Å². The summed E-state index contributed by atoms with van der Waals surface area (Å²) in [5.74, 6) is -3.14. The lowest BCUT2D eigenvalue weighted by Gasteiger charge is -2.47. The number of carbonyl (C=O) groups excluding carboxylic acids is 4. The molecule has 5 atom stereocenters. The van der Waals surface area contributed by atoms with Crippen LogP contribution in [0.5, 0.6) is 0 Å². The van der Waals surface area contributed by atoms with E-state index in [1.807, 2.05) is 0 Å². The van der Waals surface area contributed by atoms with Crippen LogP contribution in [0, 0.1) is 0 Å². The van der Waals surface area contributed by atoms with Gasteiger partial charge in [0.2, 0.25) is 12.0 Å². The van der Waals surface area contributed by atoms with Gasteiger partial charge >= 0.3 is 23.9 Å². The molecule has 1 aliphatic rings. The van der Waals surface area contributed by atoms with Gasteiger partial charge in [-0.05, 0) is 0 Å². The highest BCUT2D eigenvalue weighted by molar-refractivity contribution is 5.85. The van der Waals surface area contributed by atoms with Gasteiger partial charge in [0.15, 0.2) is 12.2 Å². The van der Waals surface area contributed by atoms with E-state index in [1.165, 1.54) is 0 Å². The Morgan fingerprint density at radius 2 is 1.46 bits per heavy atom. The second-order valence-electron chi connectivity index (χ2n) is 5.41. The van der Waals surface area contributed by atoms with Gasteiger partial charge in [-0.15, -0.1) is 12.4 Å². The third kappa shape index (κ3) is 6.41. The molecular formula is C14H22ClNO10.